The molecule has 1 aromatic rings. The van der Waals surface area contributed by atoms with Gasteiger partial charge in [-0.25, -0.2) is 0 Å². The molecular formula is C17H30N2O2. The number of furan rings is 1. The SMILES string of the molecule is CCOC1CCN(Cc2occc2CNCC(C)C)CC1. The molecule has 0 bridgehead atoms. The molecule has 4 heteroatoms. The van der Waals surface area contributed by atoms with Gasteiger partial charge >= 0.3 is 0 Å². The first kappa shape index (κ1) is 16.5. The number of likely N-dealkylation sites (tertiary alicyclic amines) is 1. The molecule has 0 unspecified atom stereocenters. The monoisotopic (exact) mass is 294 g/mol. The topological polar surface area (TPSA) is 37.6 Å². The number of rotatable bonds is 8. The summed E-state index contributed by atoms with van der Waals surface area (Å²) in [6.07, 6.45) is 4.54. The Morgan fingerprint density at radius 3 is 2.81 bits per heavy atom. The highest BCUT2D eigenvalue weighted by Crippen LogP contribution is 2.19. The fourth-order valence-corrected chi connectivity index (χ4v) is 2.83. The van der Waals surface area contributed by atoms with Crippen LogP contribution in [0.2, 0.25) is 0 Å². The predicted molar refractivity (Wildman–Crippen MR) is 85.2 cm³/mol. The van der Waals surface area contributed by atoms with Crippen LogP contribution >= 0.6 is 0 Å². The highest BCUT2D eigenvalue weighted by Gasteiger charge is 2.20. The summed E-state index contributed by atoms with van der Waals surface area (Å²) >= 11 is 0. The maximum atomic E-state index is 5.71. The van der Waals surface area contributed by atoms with Gasteiger partial charge in [0.05, 0.1) is 18.9 Å². The fraction of sp³-hybridized carbons (Fsp3) is 0.765. The summed E-state index contributed by atoms with van der Waals surface area (Å²) in [4.78, 5) is 2.47. The van der Waals surface area contributed by atoms with Gasteiger partial charge in [-0.1, -0.05) is 13.8 Å². The molecule has 0 radical (unpaired) electrons. The smallest absolute Gasteiger partial charge is 0.122 e. The number of piperidine rings is 1. The lowest BCUT2D eigenvalue weighted by atomic mass is 10.1. The van der Waals surface area contributed by atoms with Crippen LogP contribution in [0.25, 0.3) is 0 Å². The van der Waals surface area contributed by atoms with Crippen LogP contribution in [0.15, 0.2) is 16.7 Å². The molecule has 1 aliphatic heterocycles. The standard InChI is InChI=1S/C17H30N2O2/c1-4-20-16-5-8-19(9-6-16)13-17-15(7-10-21-17)12-18-11-14(2)3/h7,10,14,16,18H,4-6,8-9,11-13H2,1-3H3. The lowest BCUT2D eigenvalue weighted by Crippen LogP contribution is -2.36. The van der Waals surface area contributed by atoms with E-state index in [0.717, 1.165) is 57.9 Å². The van der Waals surface area contributed by atoms with Gasteiger partial charge in [-0.05, 0) is 38.3 Å². The first-order valence-corrected chi connectivity index (χ1v) is 8.29. The van der Waals surface area contributed by atoms with Crippen molar-refractivity contribution in [1.82, 2.24) is 10.2 Å². The van der Waals surface area contributed by atoms with Gasteiger partial charge in [0.1, 0.15) is 5.76 Å². The highest BCUT2D eigenvalue weighted by atomic mass is 16.5. The molecule has 2 heterocycles. The number of hydrogen-bond donors (Lipinski definition) is 1. The first-order chi connectivity index (χ1) is 10.2. The van der Waals surface area contributed by atoms with Crippen molar-refractivity contribution in [2.45, 2.75) is 52.8 Å². The van der Waals surface area contributed by atoms with E-state index in [1.807, 2.05) is 6.26 Å². The van der Waals surface area contributed by atoms with E-state index < -0.39 is 0 Å². The second-order valence-corrected chi connectivity index (χ2v) is 6.32. The van der Waals surface area contributed by atoms with Crippen LogP contribution in [0.4, 0.5) is 0 Å². The third-order valence-corrected chi connectivity index (χ3v) is 4.01. The van der Waals surface area contributed by atoms with Crippen molar-refractivity contribution in [2.24, 2.45) is 5.92 Å². The molecule has 1 aromatic heterocycles. The Kier molecular flexibility index (Phi) is 6.74. The van der Waals surface area contributed by atoms with Gasteiger partial charge in [0.25, 0.3) is 0 Å². The van der Waals surface area contributed by atoms with Gasteiger partial charge in [-0.15, -0.1) is 0 Å². The molecule has 4 nitrogen and oxygen atoms in total. The largest absolute Gasteiger partial charge is 0.468 e. The molecule has 0 saturated carbocycles. The van der Waals surface area contributed by atoms with Crippen LogP contribution in [-0.2, 0) is 17.8 Å². The van der Waals surface area contributed by atoms with E-state index >= 15 is 0 Å². The average Bonchev–Trinajstić information content (AvgIpc) is 2.88. The summed E-state index contributed by atoms with van der Waals surface area (Å²) in [5, 5.41) is 3.49. The van der Waals surface area contributed by atoms with Crippen molar-refractivity contribution in [3.8, 4) is 0 Å². The molecule has 1 N–H and O–H groups in total. The molecule has 120 valence electrons. The zero-order valence-corrected chi connectivity index (χ0v) is 13.7. The summed E-state index contributed by atoms with van der Waals surface area (Å²) in [6, 6.07) is 2.09. The van der Waals surface area contributed by atoms with Crippen molar-refractivity contribution in [1.29, 1.82) is 0 Å². The summed E-state index contributed by atoms with van der Waals surface area (Å²) in [7, 11) is 0. The van der Waals surface area contributed by atoms with Crippen molar-refractivity contribution in [3.63, 3.8) is 0 Å². The zero-order chi connectivity index (χ0) is 15.1. The normalized spacial score (nSPS) is 17.7. The molecule has 0 atom stereocenters. The molecule has 1 aliphatic rings. The van der Waals surface area contributed by atoms with E-state index in [-0.39, 0.29) is 0 Å². The first-order valence-electron chi connectivity index (χ1n) is 8.29. The van der Waals surface area contributed by atoms with E-state index in [1.54, 1.807) is 0 Å². The maximum Gasteiger partial charge on any atom is 0.122 e. The van der Waals surface area contributed by atoms with Gasteiger partial charge in [0, 0.05) is 31.8 Å². The fourth-order valence-electron chi connectivity index (χ4n) is 2.83. The minimum atomic E-state index is 0.454. The van der Waals surface area contributed by atoms with Crippen LogP contribution in [0, 0.1) is 5.92 Å². The summed E-state index contributed by atoms with van der Waals surface area (Å²) in [5.74, 6) is 1.79. The van der Waals surface area contributed by atoms with Crippen LogP contribution in [-0.4, -0.2) is 37.2 Å². The van der Waals surface area contributed by atoms with E-state index in [4.69, 9.17) is 9.15 Å². The third-order valence-electron chi connectivity index (χ3n) is 4.01. The molecule has 1 fully saturated rings. The Balaban J connectivity index is 1.77. The van der Waals surface area contributed by atoms with Crippen LogP contribution in [0.5, 0.6) is 0 Å². The lowest BCUT2D eigenvalue weighted by molar-refractivity contribution is 0.0111. The van der Waals surface area contributed by atoms with Crippen LogP contribution < -0.4 is 5.32 Å². The summed E-state index contributed by atoms with van der Waals surface area (Å²) < 4.78 is 11.4. The van der Waals surface area contributed by atoms with Crippen LogP contribution in [0.3, 0.4) is 0 Å². The Morgan fingerprint density at radius 2 is 2.14 bits per heavy atom. The second-order valence-electron chi connectivity index (χ2n) is 6.32. The second kappa shape index (κ2) is 8.57. The van der Waals surface area contributed by atoms with Crippen molar-refractivity contribution in [2.75, 3.05) is 26.2 Å². The minimum Gasteiger partial charge on any atom is -0.468 e. The third kappa shape index (κ3) is 5.46. The minimum absolute atomic E-state index is 0.454. The van der Waals surface area contributed by atoms with Gasteiger partial charge in [-0.2, -0.15) is 0 Å². The van der Waals surface area contributed by atoms with Gasteiger partial charge in [-0.3, -0.25) is 4.90 Å². The molecule has 0 aliphatic carbocycles. The van der Waals surface area contributed by atoms with Crippen molar-refractivity contribution >= 4 is 0 Å². The number of nitrogens with zero attached hydrogens (tertiary/aromatic N) is 1. The van der Waals surface area contributed by atoms with Crippen LogP contribution in [0.1, 0.15) is 44.9 Å². The van der Waals surface area contributed by atoms with E-state index in [1.165, 1.54) is 5.56 Å². The molecular weight excluding hydrogens is 264 g/mol. The summed E-state index contributed by atoms with van der Waals surface area (Å²) in [5.41, 5.74) is 1.29. The Labute approximate surface area is 128 Å². The van der Waals surface area contributed by atoms with Gasteiger partial charge < -0.3 is 14.5 Å². The average molecular weight is 294 g/mol. The molecule has 1 saturated heterocycles. The quantitative estimate of drug-likeness (QED) is 0.800. The van der Waals surface area contributed by atoms with E-state index in [9.17, 15) is 0 Å². The molecule has 21 heavy (non-hydrogen) atoms. The predicted octanol–water partition coefficient (Wildman–Crippen LogP) is 3.03. The van der Waals surface area contributed by atoms with Crippen molar-refractivity contribution in [3.05, 3.63) is 23.7 Å². The maximum absolute atomic E-state index is 5.71. The Bertz CT molecular complexity index is 395. The van der Waals surface area contributed by atoms with Gasteiger partial charge in [0.15, 0.2) is 0 Å². The Hall–Kier alpha value is -0.840. The number of ether oxygens (including phenoxy) is 1. The number of hydrogen-bond acceptors (Lipinski definition) is 4. The number of nitrogens with one attached hydrogen (secondary N) is 1. The zero-order valence-electron chi connectivity index (χ0n) is 13.7. The van der Waals surface area contributed by atoms with Crippen molar-refractivity contribution < 1.29 is 9.15 Å². The van der Waals surface area contributed by atoms with E-state index in [2.05, 4.69) is 37.1 Å². The molecule has 2 rings (SSSR count). The molecule has 0 amide bonds. The summed E-state index contributed by atoms with van der Waals surface area (Å²) in [6.45, 7) is 12.4. The lowest BCUT2D eigenvalue weighted by Gasteiger charge is -2.31. The molecule has 0 aromatic carbocycles. The van der Waals surface area contributed by atoms with E-state index in [0.29, 0.717) is 12.0 Å². The Morgan fingerprint density at radius 1 is 1.38 bits per heavy atom. The van der Waals surface area contributed by atoms with Gasteiger partial charge in [0.2, 0.25) is 0 Å². The molecule has 0 spiro atoms. The highest BCUT2D eigenvalue weighted by molar-refractivity contribution is 5.16.